The molecule has 2 rings (SSSR count). The molecule has 1 spiro atoms. The first-order valence-electron chi connectivity index (χ1n) is 5.57. The molecule has 0 saturated carbocycles. The van der Waals surface area contributed by atoms with Gasteiger partial charge in [-0.05, 0) is 32.4 Å². The van der Waals surface area contributed by atoms with Crippen LogP contribution in [0, 0.1) is 0 Å². The summed E-state index contributed by atoms with van der Waals surface area (Å²) < 4.78 is 0. The van der Waals surface area contributed by atoms with E-state index in [2.05, 4.69) is 5.32 Å². The zero-order valence-corrected chi connectivity index (χ0v) is 8.87. The van der Waals surface area contributed by atoms with Gasteiger partial charge in [0.25, 0.3) is 0 Å². The van der Waals surface area contributed by atoms with Crippen molar-refractivity contribution >= 4 is 5.91 Å². The van der Waals surface area contributed by atoms with Crippen molar-refractivity contribution in [2.24, 2.45) is 0 Å². The number of hydrogen-bond donors (Lipinski definition) is 2. The molecule has 0 atom stereocenters. The fourth-order valence-electron chi connectivity index (χ4n) is 2.22. The quantitative estimate of drug-likeness (QED) is 0.674. The van der Waals surface area contributed by atoms with Crippen LogP contribution in [0.2, 0.25) is 0 Å². The van der Waals surface area contributed by atoms with E-state index in [4.69, 9.17) is 9.94 Å². The zero-order valence-electron chi connectivity index (χ0n) is 8.87. The highest BCUT2D eigenvalue weighted by atomic mass is 16.7. The predicted molar refractivity (Wildman–Crippen MR) is 54.0 cm³/mol. The van der Waals surface area contributed by atoms with Gasteiger partial charge < -0.3 is 10.4 Å². The number of hydroxylamine groups is 2. The Bertz CT molecular complexity index is 239. The number of amides is 1. The lowest BCUT2D eigenvalue weighted by Crippen LogP contribution is -2.42. The maximum absolute atomic E-state index is 11.7. The summed E-state index contributed by atoms with van der Waals surface area (Å²) in [6.45, 7) is 2.44. The molecule has 5 heteroatoms. The van der Waals surface area contributed by atoms with Gasteiger partial charge in [0.2, 0.25) is 5.91 Å². The lowest BCUT2D eigenvalue weighted by molar-refractivity contribution is -0.206. The SMILES string of the molecule is O=C1CC2(CCNCC2)ON1CCCO. The number of nitrogens with zero attached hydrogens (tertiary/aromatic N) is 1. The van der Waals surface area contributed by atoms with Crippen LogP contribution in [0.3, 0.4) is 0 Å². The highest BCUT2D eigenvalue weighted by molar-refractivity contribution is 5.78. The minimum atomic E-state index is -0.252. The Labute approximate surface area is 89.3 Å². The minimum absolute atomic E-state index is 0.0605. The van der Waals surface area contributed by atoms with Crippen LogP contribution in [0.15, 0.2) is 0 Å². The number of aliphatic hydroxyl groups excluding tert-OH is 1. The molecule has 15 heavy (non-hydrogen) atoms. The predicted octanol–water partition coefficient (Wildman–Crippen LogP) is -0.345. The lowest BCUT2D eigenvalue weighted by atomic mass is 9.90. The van der Waals surface area contributed by atoms with Gasteiger partial charge in [0.1, 0.15) is 5.60 Å². The highest BCUT2D eigenvalue weighted by Crippen LogP contribution is 2.34. The van der Waals surface area contributed by atoms with E-state index in [0.717, 1.165) is 25.9 Å². The highest BCUT2D eigenvalue weighted by Gasteiger charge is 2.45. The summed E-state index contributed by atoms with van der Waals surface area (Å²) in [6, 6.07) is 0. The van der Waals surface area contributed by atoms with Crippen molar-refractivity contribution in [3.8, 4) is 0 Å². The second-order valence-corrected chi connectivity index (χ2v) is 4.27. The van der Waals surface area contributed by atoms with E-state index in [1.165, 1.54) is 5.06 Å². The van der Waals surface area contributed by atoms with Gasteiger partial charge in [-0.15, -0.1) is 0 Å². The Morgan fingerprint density at radius 2 is 2.20 bits per heavy atom. The summed E-state index contributed by atoms with van der Waals surface area (Å²) in [4.78, 5) is 17.4. The molecular formula is C10H18N2O3. The molecule has 86 valence electrons. The van der Waals surface area contributed by atoms with Crippen LogP contribution in [0.5, 0.6) is 0 Å². The van der Waals surface area contributed by atoms with Crippen molar-refractivity contribution in [3.05, 3.63) is 0 Å². The smallest absolute Gasteiger partial charge is 0.249 e. The molecule has 2 heterocycles. The Hall–Kier alpha value is -0.650. The van der Waals surface area contributed by atoms with Crippen LogP contribution >= 0.6 is 0 Å². The van der Waals surface area contributed by atoms with Crippen LogP contribution in [0.25, 0.3) is 0 Å². The van der Waals surface area contributed by atoms with Gasteiger partial charge >= 0.3 is 0 Å². The minimum Gasteiger partial charge on any atom is -0.396 e. The number of aliphatic hydroxyl groups is 1. The summed E-state index contributed by atoms with van der Waals surface area (Å²) in [5.41, 5.74) is -0.252. The van der Waals surface area contributed by atoms with Crippen molar-refractivity contribution in [1.29, 1.82) is 0 Å². The number of hydrogen-bond acceptors (Lipinski definition) is 4. The van der Waals surface area contributed by atoms with E-state index in [-0.39, 0.29) is 18.1 Å². The largest absolute Gasteiger partial charge is 0.396 e. The molecule has 5 nitrogen and oxygen atoms in total. The number of rotatable bonds is 3. The van der Waals surface area contributed by atoms with Gasteiger partial charge in [-0.2, -0.15) is 0 Å². The van der Waals surface area contributed by atoms with Crippen LogP contribution in [-0.2, 0) is 9.63 Å². The summed E-state index contributed by atoms with van der Waals surface area (Å²) in [6.07, 6.45) is 2.88. The first kappa shape index (κ1) is 10.9. The standard InChI is InChI=1S/C10H18N2O3/c13-7-1-6-12-9(14)8-10(15-12)2-4-11-5-3-10/h11,13H,1-8H2. The average Bonchev–Trinajstić information content (AvgIpc) is 2.53. The third kappa shape index (κ3) is 2.30. The molecule has 0 aromatic heterocycles. The first-order valence-corrected chi connectivity index (χ1v) is 5.57. The van der Waals surface area contributed by atoms with E-state index in [0.29, 0.717) is 19.4 Å². The van der Waals surface area contributed by atoms with Crippen LogP contribution in [0.1, 0.15) is 25.7 Å². The molecular weight excluding hydrogens is 196 g/mol. The second kappa shape index (κ2) is 4.47. The van der Waals surface area contributed by atoms with Crippen LogP contribution in [-0.4, -0.2) is 47.9 Å². The van der Waals surface area contributed by atoms with E-state index in [9.17, 15) is 4.79 Å². The molecule has 1 amide bonds. The molecule has 0 unspecified atom stereocenters. The summed E-state index contributed by atoms with van der Waals surface area (Å²) in [7, 11) is 0. The maximum atomic E-state index is 11.7. The van der Waals surface area contributed by atoms with Crippen LogP contribution < -0.4 is 5.32 Å². The van der Waals surface area contributed by atoms with Crippen molar-refractivity contribution < 1.29 is 14.7 Å². The van der Waals surface area contributed by atoms with Crippen molar-refractivity contribution in [2.45, 2.75) is 31.3 Å². The summed E-state index contributed by atoms with van der Waals surface area (Å²) in [5, 5.41) is 13.4. The van der Waals surface area contributed by atoms with Gasteiger partial charge in [0, 0.05) is 6.61 Å². The molecule has 0 radical (unpaired) electrons. The molecule has 0 aliphatic carbocycles. The topological polar surface area (TPSA) is 61.8 Å². The van der Waals surface area contributed by atoms with Gasteiger partial charge in [-0.25, -0.2) is 5.06 Å². The molecule has 2 fully saturated rings. The van der Waals surface area contributed by atoms with E-state index < -0.39 is 0 Å². The maximum Gasteiger partial charge on any atom is 0.249 e. The number of carbonyl (C=O) groups excluding carboxylic acids is 1. The molecule has 0 aromatic rings. The third-order valence-corrected chi connectivity index (χ3v) is 3.09. The fraction of sp³-hybridized carbons (Fsp3) is 0.900. The van der Waals surface area contributed by atoms with Crippen LogP contribution in [0.4, 0.5) is 0 Å². The molecule has 2 N–H and O–H groups in total. The zero-order chi connectivity index (χ0) is 10.7. The van der Waals surface area contributed by atoms with Gasteiger partial charge in [0.15, 0.2) is 0 Å². The number of piperidine rings is 1. The van der Waals surface area contributed by atoms with Crippen molar-refractivity contribution in [3.63, 3.8) is 0 Å². The summed E-state index contributed by atoms with van der Waals surface area (Å²) >= 11 is 0. The van der Waals surface area contributed by atoms with E-state index >= 15 is 0 Å². The average molecular weight is 214 g/mol. The molecule has 0 aromatic carbocycles. The van der Waals surface area contributed by atoms with E-state index in [1.807, 2.05) is 0 Å². The Kier molecular flexibility index (Phi) is 3.23. The van der Waals surface area contributed by atoms with Gasteiger partial charge in [-0.1, -0.05) is 0 Å². The fourth-order valence-corrected chi connectivity index (χ4v) is 2.22. The monoisotopic (exact) mass is 214 g/mol. The first-order chi connectivity index (χ1) is 7.26. The molecule has 2 aliphatic heterocycles. The lowest BCUT2D eigenvalue weighted by Gasteiger charge is -2.32. The molecule has 0 bridgehead atoms. The number of nitrogens with one attached hydrogen (secondary N) is 1. The summed E-state index contributed by atoms with van der Waals surface area (Å²) in [5.74, 6) is 0.0605. The molecule has 2 saturated heterocycles. The van der Waals surface area contributed by atoms with Crippen molar-refractivity contribution in [1.82, 2.24) is 10.4 Å². The van der Waals surface area contributed by atoms with E-state index in [1.54, 1.807) is 0 Å². The third-order valence-electron chi connectivity index (χ3n) is 3.09. The Balaban J connectivity index is 1.92. The van der Waals surface area contributed by atoms with Gasteiger partial charge in [-0.3, -0.25) is 9.63 Å². The van der Waals surface area contributed by atoms with Gasteiger partial charge in [0.05, 0.1) is 13.0 Å². The van der Waals surface area contributed by atoms with Crippen molar-refractivity contribution in [2.75, 3.05) is 26.2 Å². The number of carbonyl (C=O) groups is 1. The Morgan fingerprint density at radius 1 is 1.47 bits per heavy atom. The second-order valence-electron chi connectivity index (χ2n) is 4.27. The normalized spacial score (nSPS) is 25.1. The Morgan fingerprint density at radius 3 is 2.87 bits per heavy atom. The molecule has 2 aliphatic rings.